The molecule has 0 aliphatic carbocycles. The van der Waals surface area contributed by atoms with E-state index in [4.69, 9.17) is 0 Å². The SMILES string of the molecule is CN(C)c1ccc2c(Nc3ccc(C(=O)Nc4cccc(N[c+]5ccn(C)cc5)c4)cc3)ccnc2c1.Cl.[Cl-]. The maximum Gasteiger partial charge on any atom is 0.255 e. The van der Waals surface area contributed by atoms with Crippen LogP contribution < -0.4 is 33.3 Å². The summed E-state index contributed by atoms with van der Waals surface area (Å²) in [4.78, 5) is 19.5. The van der Waals surface area contributed by atoms with E-state index in [1.807, 2.05) is 105 Å². The van der Waals surface area contributed by atoms with Gasteiger partial charge in [0.1, 0.15) is 11.4 Å². The van der Waals surface area contributed by atoms with Gasteiger partial charge in [-0.2, -0.15) is 0 Å². The van der Waals surface area contributed by atoms with E-state index in [9.17, 15) is 4.79 Å². The van der Waals surface area contributed by atoms with Crippen LogP contribution in [0.15, 0.2) is 104 Å². The number of fused-ring (bicyclic) bond motifs is 1. The Labute approximate surface area is 240 Å². The van der Waals surface area contributed by atoms with Crippen molar-refractivity contribution in [3.63, 3.8) is 0 Å². The molecule has 39 heavy (non-hydrogen) atoms. The minimum Gasteiger partial charge on any atom is -1.00 e. The van der Waals surface area contributed by atoms with E-state index in [1.54, 1.807) is 6.20 Å². The molecule has 7 nitrogen and oxygen atoms in total. The molecule has 0 aliphatic heterocycles. The molecular weight excluding hydrogens is 531 g/mol. The van der Waals surface area contributed by atoms with Gasteiger partial charge in [-0.3, -0.25) is 19.7 Å². The molecule has 0 fully saturated rings. The van der Waals surface area contributed by atoms with Crippen LogP contribution in [0.1, 0.15) is 10.4 Å². The van der Waals surface area contributed by atoms with Crippen molar-refractivity contribution < 1.29 is 17.2 Å². The lowest BCUT2D eigenvalue weighted by Crippen LogP contribution is -3.00. The van der Waals surface area contributed by atoms with Crippen molar-refractivity contribution in [3.05, 3.63) is 109 Å². The monoisotopic (exact) mass is 560 g/mol. The zero-order chi connectivity index (χ0) is 25.8. The van der Waals surface area contributed by atoms with Crippen molar-refractivity contribution in [2.45, 2.75) is 0 Å². The van der Waals surface area contributed by atoms with Crippen LogP contribution in [0, 0.1) is 0 Å². The summed E-state index contributed by atoms with van der Waals surface area (Å²) >= 11 is 0. The molecule has 1 amide bonds. The molecule has 3 aromatic carbocycles. The fourth-order valence-corrected chi connectivity index (χ4v) is 4.01. The molecule has 200 valence electrons. The second kappa shape index (κ2) is 13.0. The largest absolute Gasteiger partial charge is 1.00 e. The molecule has 0 bridgehead atoms. The standard InChI is InChI=1S/C30H28N6O.2ClH/c1-35(2)26-11-12-27-28(13-16-31-29(27)20-26)33-22-9-7-21(8-10-22)30(37)34-25-6-4-5-24(19-25)32-23-14-17-36(3)18-15-23;;/h4-20,32H,1-3H3,(H-,31,33,34,37);2*1H. The number of pyridine rings is 2. The number of anilines is 6. The topological polar surface area (TPSA) is 74.2 Å². The van der Waals surface area contributed by atoms with Crippen LogP contribution in [-0.4, -0.2) is 29.6 Å². The summed E-state index contributed by atoms with van der Waals surface area (Å²) in [7, 11) is 6.00. The van der Waals surface area contributed by atoms with Crippen LogP contribution >= 0.6 is 12.4 Å². The molecule has 0 aliphatic rings. The van der Waals surface area contributed by atoms with Crippen LogP contribution in [0.25, 0.3) is 10.9 Å². The van der Waals surface area contributed by atoms with E-state index in [-0.39, 0.29) is 30.7 Å². The first-order chi connectivity index (χ1) is 17.9. The average molecular weight is 562 g/mol. The van der Waals surface area contributed by atoms with Crippen molar-refractivity contribution in [1.29, 1.82) is 0 Å². The Hall–Kier alpha value is -4.33. The molecule has 0 radical (unpaired) electrons. The summed E-state index contributed by atoms with van der Waals surface area (Å²) in [6, 6.07) is 27.3. The van der Waals surface area contributed by atoms with E-state index in [1.165, 1.54) is 0 Å². The van der Waals surface area contributed by atoms with Gasteiger partial charge in [0, 0.05) is 67.5 Å². The Morgan fingerprint density at radius 2 is 1.62 bits per heavy atom. The van der Waals surface area contributed by atoms with Gasteiger partial charge in [-0.25, -0.2) is 0 Å². The minimum atomic E-state index is -0.166. The summed E-state index contributed by atoms with van der Waals surface area (Å²) < 4.78 is 1.97. The lowest BCUT2D eigenvalue weighted by atomic mass is 10.1. The Bertz CT molecular complexity index is 1560. The van der Waals surface area contributed by atoms with E-state index in [2.05, 4.69) is 44.0 Å². The van der Waals surface area contributed by atoms with E-state index < -0.39 is 0 Å². The summed E-state index contributed by atoms with van der Waals surface area (Å²) in [5.74, 6) is -0.166. The number of carbonyl (C=O) groups excluding carboxylic acids is 1. The molecule has 0 spiro atoms. The van der Waals surface area contributed by atoms with Crippen LogP contribution in [0.5, 0.6) is 0 Å². The van der Waals surface area contributed by atoms with E-state index in [0.717, 1.165) is 45.0 Å². The van der Waals surface area contributed by atoms with Gasteiger partial charge < -0.3 is 27.9 Å². The number of halogens is 2. The smallest absolute Gasteiger partial charge is 0.255 e. The quantitative estimate of drug-likeness (QED) is 0.261. The lowest BCUT2D eigenvalue weighted by Gasteiger charge is -2.14. The molecule has 0 saturated carbocycles. The number of benzene rings is 3. The first-order valence-electron chi connectivity index (χ1n) is 12.0. The molecule has 3 N–H and O–H groups in total. The number of aryl methyl sites for hydroxylation is 1. The Morgan fingerprint density at radius 3 is 2.33 bits per heavy atom. The van der Waals surface area contributed by atoms with E-state index in [0.29, 0.717) is 5.56 Å². The van der Waals surface area contributed by atoms with Crippen LogP contribution in [-0.2, 0) is 7.05 Å². The number of nitrogens with zero attached hydrogens (tertiary/aromatic N) is 3. The molecule has 5 rings (SSSR count). The van der Waals surface area contributed by atoms with Crippen LogP contribution in [0.2, 0.25) is 0 Å². The summed E-state index contributed by atoms with van der Waals surface area (Å²) in [6.45, 7) is 0. The number of hydrogen-bond donors (Lipinski definition) is 3. The number of amides is 1. The molecule has 0 atom stereocenters. The third-order valence-corrected chi connectivity index (χ3v) is 6.06. The molecule has 5 aromatic rings. The van der Waals surface area contributed by atoms with Gasteiger partial charge in [0.05, 0.1) is 35.7 Å². The van der Waals surface area contributed by atoms with Crippen LogP contribution in [0.4, 0.5) is 34.1 Å². The average Bonchev–Trinajstić information content (AvgIpc) is 2.90. The number of carbonyl (C=O) groups is 1. The van der Waals surface area contributed by atoms with Crippen molar-refractivity contribution in [2.24, 2.45) is 7.05 Å². The first kappa shape index (κ1) is 29.2. The van der Waals surface area contributed by atoms with Gasteiger partial charge in [-0.1, -0.05) is 0 Å². The van der Waals surface area contributed by atoms with E-state index >= 15 is 0 Å². The second-order valence-corrected chi connectivity index (χ2v) is 9.07. The molecule has 2 heterocycles. The number of rotatable bonds is 7. The number of aromatic nitrogens is 2. The maximum absolute atomic E-state index is 12.9. The lowest BCUT2D eigenvalue weighted by molar-refractivity contribution is -0.0000152. The van der Waals surface area contributed by atoms with Gasteiger partial charge in [0.15, 0.2) is 0 Å². The van der Waals surface area contributed by atoms with Gasteiger partial charge in [-0.05, 0) is 60.7 Å². The maximum atomic E-state index is 12.9. The van der Waals surface area contributed by atoms with Crippen molar-refractivity contribution in [1.82, 2.24) is 9.55 Å². The molecule has 0 saturated heterocycles. The van der Waals surface area contributed by atoms with Crippen molar-refractivity contribution in [3.8, 4) is 0 Å². The Balaban J connectivity index is 0.00000210. The Kier molecular flexibility index (Phi) is 9.71. The zero-order valence-electron chi connectivity index (χ0n) is 21.9. The third-order valence-electron chi connectivity index (χ3n) is 6.06. The fraction of sp³-hybridized carbons (Fsp3) is 0.100. The normalized spacial score (nSPS) is 10.1. The highest BCUT2D eigenvalue weighted by Gasteiger charge is 2.10. The van der Waals surface area contributed by atoms with Crippen molar-refractivity contribution in [2.75, 3.05) is 34.9 Å². The van der Waals surface area contributed by atoms with Gasteiger partial charge >= 0.3 is 0 Å². The highest BCUT2D eigenvalue weighted by atomic mass is 35.5. The van der Waals surface area contributed by atoms with Gasteiger partial charge in [0.2, 0.25) is 0 Å². The zero-order valence-corrected chi connectivity index (χ0v) is 23.4. The summed E-state index contributed by atoms with van der Waals surface area (Å²) in [5, 5.41) is 10.8. The highest BCUT2D eigenvalue weighted by Crippen LogP contribution is 2.28. The molecule has 2 aromatic heterocycles. The fourth-order valence-electron chi connectivity index (χ4n) is 4.01. The predicted molar refractivity (Wildman–Crippen MR) is 161 cm³/mol. The first-order valence-corrected chi connectivity index (χ1v) is 12.0. The molecular formula is C30H30Cl2N6O. The minimum absolute atomic E-state index is 0. The van der Waals surface area contributed by atoms with Gasteiger partial charge in [-0.15, -0.1) is 12.4 Å². The van der Waals surface area contributed by atoms with Gasteiger partial charge in [0.25, 0.3) is 5.91 Å². The molecule has 9 heteroatoms. The third kappa shape index (κ3) is 7.16. The van der Waals surface area contributed by atoms with Crippen LogP contribution in [0.3, 0.4) is 0 Å². The molecule has 0 unspecified atom stereocenters. The summed E-state index contributed by atoms with van der Waals surface area (Å²) in [6.07, 6.45) is 5.75. The second-order valence-electron chi connectivity index (χ2n) is 9.07. The Morgan fingerprint density at radius 1 is 0.897 bits per heavy atom. The number of nitrogens with one attached hydrogen (secondary N) is 3. The number of hydrogen-bond acceptors (Lipinski definition) is 5. The summed E-state index contributed by atoms with van der Waals surface area (Å²) in [5.41, 5.74) is 7.05. The predicted octanol–water partition coefficient (Wildman–Crippen LogP) is 4.09. The van der Waals surface area contributed by atoms with Crippen molar-refractivity contribution >= 4 is 63.3 Å². The highest BCUT2D eigenvalue weighted by molar-refractivity contribution is 6.04.